The SMILES string of the molecule is CN=C(NCC(C)(C)NS(C)(=O)=O)N1CCC(N2CCOCC2)C1.I. The highest BCUT2D eigenvalue weighted by atomic mass is 127. The van der Waals surface area contributed by atoms with Gasteiger partial charge in [-0.2, -0.15) is 0 Å². The van der Waals surface area contributed by atoms with Gasteiger partial charge in [-0.05, 0) is 20.3 Å². The predicted molar refractivity (Wildman–Crippen MR) is 111 cm³/mol. The molecule has 0 saturated carbocycles. The van der Waals surface area contributed by atoms with Crippen LogP contribution in [0, 0.1) is 0 Å². The lowest BCUT2D eigenvalue weighted by atomic mass is 10.1. The van der Waals surface area contributed by atoms with E-state index in [2.05, 4.69) is 24.8 Å². The van der Waals surface area contributed by atoms with E-state index in [0.717, 1.165) is 51.8 Å². The van der Waals surface area contributed by atoms with Crippen molar-refractivity contribution < 1.29 is 13.2 Å². The molecule has 25 heavy (non-hydrogen) atoms. The molecule has 1 unspecified atom stereocenters. The standard InChI is InChI=1S/C15H31N5O3S.HI/c1-15(2,18-24(4,21)22)12-17-14(16-3)20-6-5-13(11-20)19-7-9-23-10-8-19;/h13,18H,5-12H2,1-4H3,(H,16,17);1H. The third kappa shape index (κ3) is 7.53. The molecular weight excluding hydrogens is 457 g/mol. The van der Waals surface area contributed by atoms with Crippen molar-refractivity contribution in [2.45, 2.75) is 31.8 Å². The molecule has 2 heterocycles. The molecular formula is C15H32IN5O3S. The summed E-state index contributed by atoms with van der Waals surface area (Å²) in [5.41, 5.74) is -0.577. The Kier molecular flexibility index (Phi) is 8.85. The summed E-state index contributed by atoms with van der Waals surface area (Å²) in [5.74, 6) is 0.828. The smallest absolute Gasteiger partial charge is 0.209 e. The van der Waals surface area contributed by atoms with Gasteiger partial charge in [0, 0.05) is 51.4 Å². The van der Waals surface area contributed by atoms with E-state index in [-0.39, 0.29) is 24.0 Å². The van der Waals surface area contributed by atoms with Gasteiger partial charge in [0.25, 0.3) is 0 Å². The normalized spacial score (nSPS) is 23.4. The number of ether oxygens (including phenoxy) is 1. The molecule has 2 N–H and O–H groups in total. The van der Waals surface area contributed by atoms with E-state index in [1.54, 1.807) is 7.05 Å². The summed E-state index contributed by atoms with van der Waals surface area (Å²) in [5, 5.41) is 3.30. The van der Waals surface area contributed by atoms with E-state index in [4.69, 9.17) is 4.74 Å². The van der Waals surface area contributed by atoms with E-state index in [0.29, 0.717) is 12.6 Å². The van der Waals surface area contributed by atoms with Gasteiger partial charge in [-0.3, -0.25) is 9.89 Å². The minimum Gasteiger partial charge on any atom is -0.379 e. The van der Waals surface area contributed by atoms with Crippen molar-refractivity contribution in [3.8, 4) is 0 Å². The zero-order chi connectivity index (χ0) is 17.8. The number of nitrogens with zero attached hydrogens (tertiary/aromatic N) is 3. The number of hydrogen-bond donors (Lipinski definition) is 2. The second kappa shape index (κ2) is 9.67. The van der Waals surface area contributed by atoms with Gasteiger partial charge in [-0.15, -0.1) is 24.0 Å². The zero-order valence-corrected chi connectivity index (χ0v) is 18.8. The zero-order valence-electron chi connectivity index (χ0n) is 15.6. The highest BCUT2D eigenvalue weighted by molar-refractivity contribution is 14.0. The van der Waals surface area contributed by atoms with Crippen LogP contribution in [0.15, 0.2) is 4.99 Å². The van der Waals surface area contributed by atoms with Crippen LogP contribution in [-0.4, -0.2) is 95.0 Å². The van der Waals surface area contributed by atoms with Gasteiger partial charge in [-0.25, -0.2) is 13.1 Å². The monoisotopic (exact) mass is 489 g/mol. The van der Waals surface area contributed by atoms with E-state index in [1.165, 1.54) is 6.26 Å². The second-order valence-corrected chi connectivity index (χ2v) is 8.94. The van der Waals surface area contributed by atoms with Crippen LogP contribution in [0.1, 0.15) is 20.3 Å². The summed E-state index contributed by atoms with van der Waals surface area (Å²) in [4.78, 5) is 9.10. The average molecular weight is 489 g/mol. The van der Waals surface area contributed by atoms with Crippen LogP contribution in [0.2, 0.25) is 0 Å². The molecule has 10 heteroatoms. The van der Waals surface area contributed by atoms with Crippen LogP contribution >= 0.6 is 24.0 Å². The predicted octanol–water partition coefficient (Wildman–Crippen LogP) is -0.0859. The number of likely N-dealkylation sites (tertiary alicyclic amines) is 1. The number of aliphatic imine (C=N–C) groups is 1. The molecule has 0 aromatic heterocycles. The van der Waals surface area contributed by atoms with Gasteiger partial charge in [0.1, 0.15) is 0 Å². The third-order valence-electron chi connectivity index (χ3n) is 4.39. The molecule has 2 aliphatic heterocycles. The Morgan fingerprint density at radius 2 is 1.92 bits per heavy atom. The van der Waals surface area contributed by atoms with Crippen LogP contribution < -0.4 is 10.0 Å². The van der Waals surface area contributed by atoms with Crippen molar-refractivity contribution in [1.29, 1.82) is 0 Å². The Morgan fingerprint density at radius 3 is 2.48 bits per heavy atom. The van der Waals surface area contributed by atoms with Crippen LogP contribution in [0.5, 0.6) is 0 Å². The maximum absolute atomic E-state index is 11.4. The summed E-state index contributed by atoms with van der Waals surface area (Å²) >= 11 is 0. The maximum atomic E-state index is 11.4. The fourth-order valence-electron chi connectivity index (χ4n) is 3.35. The molecule has 0 amide bonds. The number of rotatable bonds is 5. The Balaban J connectivity index is 0.00000312. The third-order valence-corrected chi connectivity index (χ3v) is 5.31. The maximum Gasteiger partial charge on any atom is 0.209 e. The first kappa shape index (κ1) is 22.9. The fourth-order valence-corrected chi connectivity index (χ4v) is 4.42. The lowest BCUT2D eigenvalue weighted by molar-refractivity contribution is 0.0195. The Hall–Kier alpha value is -0.170. The van der Waals surface area contributed by atoms with Gasteiger partial charge in [0.05, 0.1) is 19.5 Å². The molecule has 2 rings (SSSR count). The van der Waals surface area contributed by atoms with Crippen molar-refractivity contribution in [3.63, 3.8) is 0 Å². The number of hydrogen-bond acceptors (Lipinski definition) is 5. The molecule has 2 fully saturated rings. The minimum absolute atomic E-state index is 0. The van der Waals surface area contributed by atoms with Crippen molar-refractivity contribution in [3.05, 3.63) is 0 Å². The molecule has 1 atom stereocenters. The van der Waals surface area contributed by atoms with Crippen molar-refractivity contribution in [2.24, 2.45) is 4.99 Å². The van der Waals surface area contributed by atoms with Crippen molar-refractivity contribution in [1.82, 2.24) is 19.8 Å². The lowest BCUT2D eigenvalue weighted by Crippen LogP contribution is -2.53. The first-order chi connectivity index (χ1) is 11.2. The largest absolute Gasteiger partial charge is 0.379 e. The molecule has 0 aromatic carbocycles. The first-order valence-electron chi connectivity index (χ1n) is 8.46. The number of nitrogens with one attached hydrogen (secondary N) is 2. The fraction of sp³-hybridized carbons (Fsp3) is 0.933. The molecule has 2 saturated heterocycles. The molecule has 2 aliphatic rings. The highest BCUT2D eigenvalue weighted by Crippen LogP contribution is 2.17. The van der Waals surface area contributed by atoms with Crippen LogP contribution in [0.3, 0.4) is 0 Å². The first-order valence-corrected chi connectivity index (χ1v) is 10.4. The van der Waals surface area contributed by atoms with Crippen LogP contribution in [-0.2, 0) is 14.8 Å². The molecule has 0 aromatic rings. The Morgan fingerprint density at radius 1 is 1.28 bits per heavy atom. The molecule has 0 spiro atoms. The van der Waals surface area contributed by atoms with Gasteiger partial charge in [-0.1, -0.05) is 0 Å². The van der Waals surface area contributed by atoms with Gasteiger partial charge < -0.3 is 15.0 Å². The highest BCUT2D eigenvalue weighted by Gasteiger charge is 2.31. The second-order valence-electron chi connectivity index (χ2n) is 7.20. The summed E-state index contributed by atoms with van der Waals surface area (Å²) in [7, 11) is -1.48. The quantitative estimate of drug-likeness (QED) is 0.319. The molecule has 0 radical (unpaired) electrons. The van der Waals surface area contributed by atoms with E-state index >= 15 is 0 Å². The summed E-state index contributed by atoms with van der Waals surface area (Å²) in [6.45, 7) is 9.71. The topological polar surface area (TPSA) is 86.3 Å². The van der Waals surface area contributed by atoms with E-state index in [1.807, 2.05) is 13.8 Å². The van der Waals surface area contributed by atoms with Gasteiger partial charge in [0.2, 0.25) is 10.0 Å². The van der Waals surface area contributed by atoms with Gasteiger partial charge in [0.15, 0.2) is 5.96 Å². The summed E-state index contributed by atoms with van der Waals surface area (Å²) in [6.07, 6.45) is 2.29. The average Bonchev–Trinajstić information content (AvgIpc) is 2.96. The Bertz CT molecular complexity index is 549. The van der Waals surface area contributed by atoms with E-state index < -0.39 is 15.6 Å². The molecule has 0 aliphatic carbocycles. The van der Waals surface area contributed by atoms with Crippen LogP contribution in [0.25, 0.3) is 0 Å². The van der Waals surface area contributed by atoms with Crippen molar-refractivity contribution in [2.75, 3.05) is 59.2 Å². The summed E-state index contributed by atoms with van der Waals surface area (Å²) < 4.78 is 30.9. The molecule has 0 bridgehead atoms. The lowest BCUT2D eigenvalue weighted by Gasteiger charge is -2.33. The number of guanidine groups is 1. The minimum atomic E-state index is -3.24. The van der Waals surface area contributed by atoms with Gasteiger partial charge >= 0.3 is 0 Å². The number of morpholine rings is 1. The Labute approximate surface area is 168 Å². The summed E-state index contributed by atoms with van der Waals surface area (Å²) in [6, 6.07) is 0.537. The van der Waals surface area contributed by atoms with E-state index in [9.17, 15) is 8.42 Å². The number of sulfonamides is 1. The van der Waals surface area contributed by atoms with Crippen molar-refractivity contribution >= 4 is 40.0 Å². The number of halogens is 1. The molecule has 148 valence electrons. The molecule has 8 nitrogen and oxygen atoms in total. The van der Waals surface area contributed by atoms with Crippen LogP contribution in [0.4, 0.5) is 0 Å².